The van der Waals surface area contributed by atoms with Crippen LogP contribution in [0.3, 0.4) is 0 Å². The molecule has 0 aromatic rings. The van der Waals surface area contributed by atoms with Crippen LogP contribution in [-0.4, -0.2) is 21.7 Å². The van der Waals surface area contributed by atoms with Crippen LogP contribution in [0.4, 0.5) is 0 Å². The molecule has 0 bridgehead atoms. The van der Waals surface area contributed by atoms with Gasteiger partial charge in [0, 0.05) is 0 Å². The molecule has 0 amide bonds. The van der Waals surface area contributed by atoms with Crippen molar-refractivity contribution in [2.45, 2.75) is 0 Å². The molecule has 0 spiro atoms. The molecule has 2 N–H and O–H groups in total. The Kier molecular flexibility index (Phi) is 1.03. The van der Waals surface area contributed by atoms with E-state index < -0.39 is 13.4 Å². The normalized spacial score (nSPS) is 11.6. The zero-order valence-electron chi connectivity index (χ0n) is 3.12. The van der Waals surface area contributed by atoms with E-state index in [2.05, 4.69) is 0 Å². The molecule has 4 nitrogen and oxygen atoms in total. The fraction of sp³-hybridized carbons (Fsp3) is 0. The second-order valence-corrected chi connectivity index (χ2v) is 2.33. The Bertz CT molecular complexity index is 90.7. The third-order valence-electron chi connectivity index (χ3n) is 0. The van der Waals surface area contributed by atoms with Gasteiger partial charge in [-0.1, -0.05) is 0 Å². The number of rotatable bonds is 0. The minimum Gasteiger partial charge on any atom is 1.00 e. The summed E-state index contributed by atoms with van der Waals surface area (Å²) in [6, 6.07) is 0. The topological polar surface area (TPSA) is 74.6 Å². The standard InChI is InChI=1S/H2O4Se/c1-5(2,3)4/h(H2,1,2,3,4)/p+1. The molecule has 5 heavy (non-hydrogen) atoms. The van der Waals surface area contributed by atoms with Crippen LogP contribution in [0.5, 0.6) is 0 Å². The van der Waals surface area contributed by atoms with E-state index >= 15 is 0 Å². The van der Waals surface area contributed by atoms with Gasteiger partial charge < -0.3 is 0 Å². The summed E-state index contributed by atoms with van der Waals surface area (Å²) >= 11 is -5.25. The summed E-state index contributed by atoms with van der Waals surface area (Å²) in [6.45, 7) is 0. The van der Waals surface area contributed by atoms with Crippen LogP contribution in [0.25, 0.3) is 0 Å². The van der Waals surface area contributed by atoms with Crippen LogP contribution >= 0.6 is 0 Å². The Morgan fingerprint density at radius 3 is 1.40 bits per heavy atom. The monoisotopic (exact) mass is 147 g/mol. The van der Waals surface area contributed by atoms with Gasteiger partial charge in [-0.3, -0.25) is 0 Å². The van der Waals surface area contributed by atoms with Crippen LogP contribution in [-0.2, 0) is 7.67 Å². The zero-order valence-corrected chi connectivity index (χ0v) is 3.83. The van der Waals surface area contributed by atoms with Gasteiger partial charge in [-0.05, 0) is 0 Å². The largest absolute Gasteiger partial charge is 1.00 e. The molecule has 0 saturated carbocycles. The van der Waals surface area contributed by atoms with Crippen molar-refractivity contribution >= 4 is 13.4 Å². The van der Waals surface area contributed by atoms with E-state index in [0.29, 0.717) is 0 Å². The molecule has 0 fully saturated rings. The maximum Gasteiger partial charge on any atom is 1.00 e. The predicted molar refractivity (Wildman–Crippen MR) is 12.7 cm³/mol. The van der Waals surface area contributed by atoms with Crippen LogP contribution in [0, 0.1) is 0 Å². The van der Waals surface area contributed by atoms with Crippen molar-refractivity contribution in [2.75, 3.05) is 0 Å². The fourth-order valence-corrected chi connectivity index (χ4v) is 0. The van der Waals surface area contributed by atoms with Crippen molar-refractivity contribution in [3.63, 3.8) is 0 Å². The second kappa shape index (κ2) is 1.02. The first-order valence-corrected chi connectivity index (χ1v) is 3.63. The van der Waals surface area contributed by atoms with E-state index in [4.69, 9.17) is 16.0 Å². The molecule has 0 heterocycles. The van der Waals surface area contributed by atoms with Crippen LogP contribution in [0.1, 0.15) is 1.43 Å². The van der Waals surface area contributed by atoms with Crippen molar-refractivity contribution in [1.29, 1.82) is 0 Å². The molecule has 0 atom stereocenters. The average molecular weight is 146 g/mol. The SMILES string of the molecule is O=[Se](=O)(O)O.[H+]. The van der Waals surface area contributed by atoms with Crippen molar-refractivity contribution in [1.82, 2.24) is 0 Å². The molecular weight excluding hydrogens is 143 g/mol. The van der Waals surface area contributed by atoms with E-state index in [1.165, 1.54) is 0 Å². The zero-order chi connectivity index (χ0) is 4.50. The predicted octanol–water partition coefficient (Wildman–Crippen LogP) is -1.62. The van der Waals surface area contributed by atoms with Gasteiger partial charge >= 0.3 is 30.8 Å². The molecule has 32 valence electrons. The van der Waals surface area contributed by atoms with Crippen molar-refractivity contribution in [2.24, 2.45) is 0 Å². The maximum atomic E-state index is 8.82. The Morgan fingerprint density at radius 2 is 1.40 bits per heavy atom. The molecule has 0 aromatic heterocycles. The third kappa shape index (κ3) is 10800. The van der Waals surface area contributed by atoms with Crippen LogP contribution in [0.15, 0.2) is 0 Å². The Morgan fingerprint density at radius 1 is 1.40 bits per heavy atom. The van der Waals surface area contributed by atoms with E-state index in [-0.39, 0.29) is 1.43 Å². The van der Waals surface area contributed by atoms with Gasteiger partial charge in [0.05, 0.1) is 0 Å². The summed E-state index contributed by atoms with van der Waals surface area (Å²) in [5, 5.41) is 0. The first-order valence-electron chi connectivity index (χ1n) is 0.698. The fourth-order valence-electron chi connectivity index (χ4n) is 0. The number of hydrogen-bond acceptors (Lipinski definition) is 2. The van der Waals surface area contributed by atoms with Crippen molar-refractivity contribution in [3.8, 4) is 0 Å². The second-order valence-electron chi connectivity index (χ2n) is 0.448. The maximum absolute atomic E-state index is 8.82. The summed E-state index contributed by atoms with van der Waals surface area (Å²) in [4.78, 5) is 0. The third-order valence-corrected chi connectivity index (χ3v) is 0. The molecule has 0 aromatic carbocycles. The quantitative estimate of drug-likeness (QED) is 0.403. The summed E-state index contributed by atoms with van der Waals surface area (Å²) in [6.07, 6.45) is 0. The minimum absolute atomic E-state index is 0. The van der Waals surface area contributed by atoms with E-state index in [0.717, 1.165) is 0 Å². The van der Waals surface area contributed by atoms with Gasteiger partial charge in [-0.25, -0.2) is 0 Å². The van der Waals surface area contributed by atoms with Crippen LogP contribution < -0.4 is 0 Å². The van der Waals surface area contributed by atoms with E-state index in [9.17, 15) is 0 Å². The summed E-state index contributed by atoms with van der Waals surface area (Å²) in [5.74, 6) is 0. The van der Waals surface area contributed by atoms with Crippen molar-refractivity contribution < 1.29 is 17.5 Å². The molecule has 0 aliphatic rings. The molecule has 0 rings (SSSR count). The van der Waals surface area contributed by atoms with Gasteiger partial charge in [-0.15, -0.1) is 0 Å². The number of hydrogen-bond donors (Lipinski definition) is 2. The molecule has 0 radical (unpaired) electrons. The molecule has 0 aliphatic carbocycles. The molecular formula is H3O4Se+. The van der Waals surface area contributed by atoms with Crippen LogP contribution in [0.2, 0.25) is 0 Å². The minimum atomic E-state index is -5.25. The van der Waals surface area contributed by atoms with Gasteiger partial charge in [0.15, 0.2) is 0 Å². The van der Waals surface area contributed by atoms with Gasteiger partial charge in [0.2, 0.25) is 0 Å². The summed E-state index contributed by atoms with van der Waals surface area (Å²) < 4.78 is 31.9. The summed E-state index contributed by atoms with van der Waals surface area (Å²) in [5.41, 5.74) is 0. The molecule has 0 saturated heterocycles. The van der Waals surface area contributed by atoms with Gasteiger partial charge in [0.1, 0.15) is 0 Å². The van der Waals surface area contributed by atoms with Gasteiger partial charge in [0.25, 0.3) is 0 Å². The molecule has 5 heteroatoms. The smallest absolute Gasteiger partial charge is 1.00 e. The molecule has 0 unspecified atom stereocenters. The first kappa shape index (κ1) is 5.04. The average Bonchev–Trinajstić information content (AvgIpc) is 0.722. The van der Waals surface area contributed by atoms with Crippen molar-refractivity contribution in [3.05, 3.63) is 0 Å². The first-order chi connectivity index (χ1) is 2.00. The Labute approximate surface area is 31.8 Å². The Balaban J connectivity index is 0. The Hall–Kier alpha value is 0.0395. The van der Waals surface area contributed by atoms with Gasteiger partial charge in [-0.2, -0.15) is 0 Å². The molecule has 0 aliphatic heterocycles. The summed E-state index contributed by atoms with van der Waals surface area (Å²) in [7, 11) is 0. The van der Waals surface area contributed by atoms with E-state index in [1.54, 1.807) is 0 Å². The van der Waals surface area contributed by atoms with E-state index in [1.807, 2.05) is 0 Å².